The Hall–Kier alpha value is -4.12. The molecule has 0 radical (unpaired) electrons. The van der Waals surface area contributed by atoms with Crippen LogP contribution in [0.3, 0.4) is 0 Å². The zero-order valence-electron chi connectivity index (χ0n) is 26.2. The van der Waals surface area contributed by atoms with Gasteiger partial charge in [0.1, 0.15) is 24.2 Å². The Labute approximate surface area is 285 Å². The molecule has 0 unspecified atom stereocenters. The number of rotatable bonds is 14. The SMILES string of the molecule is CCOc1ccc(N(CC(=O)N(Cc2c(Cl)cccc2Cl)[C@H](Cc2ccccc2)C(=O)NC(C)C)S(=O)(=O)c2ccc(F)cc2)cc1. The third-order valence-electron chi connectivity index (χ3n) is 7.21. The highest BCUT2D eigenvalue weighted by Gasteiger charge is 2.35. The molecule has 2 amide bonds. The lowest BCUT2D eigenvalue weighted by atomic mass is 10.0. The lowest BCUT2D eigenvalue weighted by Crippen LogP contribution is -2.54. The number of halogens is 3. The van der Waals surface area contributed by atoms with E-state index in [9.17, 15) is 22.4 Å². The fourth-order valence-corrected chi connectivity index (χ4v) is 6.86. The normalized spacial score (nSPS) is 12.0. The number of ether oxygens (including phenoxy) is 1. The highest BCUT2D eigenvalue weighted by atomic mass is 35.5. The van der Waals surface area contributed by atoms with Crippen LogP contribution in [0, 0.1) is 5.82 Å². The summed E-state index contributed by atoms with van der Waals surface area (Å²) in [6, 6.07) is 23.3. The van der Waals surface area contributed by atoms with Crippen LogP contribution in [0.15, 0.2) is 102 Å². The summed E-state index contributed by atoms with van der Waals surface area (Å²) in [5.41, 5.74) is 1.34. The van der Waals surface area contributed by atoms with E-state index in [2.05, 4.69) is 5.32 Å². The monoisotopic (exact) mass is 699 g/mol. The quantitative estimate of drug-likeness (QED) is 0.155. The lowest BCUT2D eigenvalue weighted by molar-refractivity contribution is -0.140. The molecule has 0 aliphatic rings. The Morgan fingerprint density at radius 1 is 0.872 bits per heavy atom. The summed E-state index contributed by atoms with van der Waals surface area (Å²) >= 11 is 13.1. The van der Waals surface area contributed by atoms with Gasteiger partial charge in [0.15, 0.2) is 0 Å². The first-order valence-corrected chi connectivity index (χ1v) is 17.2. The molecule has 1 atom stereocenters. The number of amides is 2. The van der Waals surface area contributed by atoms with Crippen LogP contribution >= 0.6 is 23.2 Å². The van der Waals surface area contributed by atoms with Crippen molar-refractivity contribution in [1.82, 2.24) is 10.2 Å². The van der Waals surface area contributed by atoms with Gasteiger partial charge in [0.05, 0.1) is 17.2 Å². The second-order valence-corrected chi connectivity index (χ2v) is 13.7. The molecule has 0 heterocycles. The van der Waals surface area contributed by atoms with Crippen molar-refractivity contribution in [2.75, 3.05) is 17.5 Å². The Balaban J connectivity index is 1.84. The van der Waals surface area contributed by atoms with E-state index in [4.69, 9.17) is 27.9 Å². The second-order valence-electron chi connectivity index (χ2n) is 11.0. The fraction of sp³-hybridized carbons (Fsp3) is 0.257. The smallest absolute Gasteiger partial charge is 0.264 e. The number of nitrogens with zero attached hydrogens (tertiary/aromatic N) is 2. The first-order valence-electron chi connectivity index (χ1n) is 15.0. The number of nitrogens with one attached hydrogen (secondary N) is 1. The number of carbonyl (C=O) groups is 2. The summed E-state index contributed by atoms with van der Waals surface area (Å²) in [7, 11) is -4.41. The molecule has 0 bridgehead atoms. The molecule has 0 spiro atoms. The molecule has 8 nitrogen and oxygen atoms in total. The van der Waals surface area contributed by atoms with Gasteiger partial charge >= 0.3 is 0 Å². The lowest BCUT2D eigenvalue weighted by Gasteiger charge is -2.34. The number of anilines is 1. The van der Waals surface area contributed by atoms with Crippen molar-refractivity contribution in [3.05, 3.63) is 124 Å². The minimum Gasteiger partial charge on any atom is -0.494 e. The molecule has 248 valence electrons. The van der Waals surface area contributed by atoms with Crippen molar-refractivity contribution in [3.63, 3.8) is 0 Å². The number of hydrogen-bond acceptors (Lipinski definition) is 5. The number of hydrogen-bond donors (Lipinski definition) is 1. The topological polar surface area (TPSA) is 96.0 Å². The first-order chi connectivity index (χ1) is 22.4. The van der Waals surface area contributed by atoms with Gasteiger partial charge in [-0.2, -0.15) is 0 Å². The van der Waals surface area contributed by atoms with E-state index in [-0.39, 0.29) is 39.6 Å². The minimum atomic E-state index is -4.41. The van der Waals surface area contributed by atoms with Crippen molar-refractivity contribution in [3.8, 4) is 5.75 Å². The molecule has 0 fully saturated rings. The molecular formula is C35H36Cl2FN3O5S. The maximum atomic E-state index is 14.5. The average molecular weight is 701 g/mol. The van der Waals surface area contributed by atoms with Gasteiger partial charge in [0, 0.05) is 34.6 Å². The van der Waals surface area contributed by atoms with Crippen molar-refractivity contribution in [2.45, 2.75) is 50.7 Å². The molecule has 4 rings (SSSR count). The van der Waals surface area contributed by atoms with Crippen molar-refractivity contribution < 1.29 is 27.1 Å². The summed E-state index contributed by atoms with van der Waals surface area (Å²) in [4.78, 5) is 29.4. The van der Waals surface area contributed by atoms with E-state index >= 15 is 0 Å². The van der Waals surface area contributed by atoms with Crippen LogP contribution in [0.5, 0.6) is 5.75 Å². The van der Waals surface area contributed by atoms with E-state index < -0.39 is 40.2 Å². The Bertz CT molecular complexity index is 1750. The molecule has 0 aliphatic heterocycles. The third-order valence-corrected chi connectivity index (χ3v) is 9.70. The van der Waals surface area contributed by atoms with Gasteiger partial charge in [-0.1, -0.05) is 59.6 Å². The zero-order chi connectivity index (χ0) is 34.1. The van der Waals surface area contributed by atoms with Crippen LogP contribution < -0.4 is 14.4 Å². The molecular weight excluding hydrogens is 664 g/mol. The van der Waals surface area contributed by atoms with Crippen LogP contribution in [0.1, 0.15) is 31.9 Å². The molecule has 0 aromatic heterocycles. The Kier molecular flexibility index (Phi) is 12.3. The van der Waals surface area contributed by atoms with Crippen LogP contribution in [0.4, 0.5) is 10.1 Å². The largest absolute Gasteiger partial charge is 0.494 e. The predicted octanol–water partition coefficient (Wildman–Crippen LogP) is 6.89. The van der Waals surface area contributed by atoms with E-state index in [1.54, 1.807) is 44.2 Å². The fourth-order valence-electron chi connectivity index (χ4n) is 4.93. The predicted molar refractivity (Wildman–Crippen MR) is 183 cm³/mol. The van der Waals surface area contributed by atoms with E-state index in [0.29, 0.717) is 17.9 Å². The molecule has 12 heteroatoms. The summed E-state index contributed by atoms with van der Waals surface area (Å²) < 4.78 is 48.4. The van der Waals surface area contributed by atoms with Crippen LogP contribution in [-0.2, 0) is 32.6 Å². The molecule has 0 saturated carbocycles. The summed E-state index contributed by atoms with van der Waals surface area (Å²) in [6.45, 7) is 4.94. The van der Waals surface area contributed by atoms with E-state index in [1.165, 1.54) is 17.0 Å². The van der Waals surface area contributed by atoms with E-state index in [0.717, 1.165) is 34.1 Å². The zero-order valence-corrected chi connectivity index (χ0v) is 28.5. The standard InChI is InChI=1S/C35H36Cl2FN3O5S/c1-4-46-28-17-15-27(16-18-28)41(47(44,45)29-19-13-26(38)14-20-29)23-34(42)40(22-30-31(36)11-8-12-32(30)37)33(35(43)39-24(2)3)21-25-9-6-5-7-10-25/h5-20,24,33H,4,21-23H2,1-3H3,(H,39,43)/t33-/m1/s1. The van der Waals surface area contributed by atoms with Crippen LogP contribution in [0.25, 0.3) is 0 Å². The van der Waals surface area contributed by atoms with Gasteiger partial charge in [-0.25, -0.2) is 12.8 Å². The Morgan fingerprint density at radius 2 is 1.49 bits per heavy atom. The highest BCUT2D eigenvalue weighted by Crippen LogP contribution is 2.30. The summed E-state index contributed by atoms with van der Waals surface area (Å²) in [6.07, 6.45) is 0.126. The molecule has 0 aliphatic carbocycles. The summed E-state index contributed by atoms with van der Waals surface area (Å²) in [5, 5.41) is 3.45. The highest BCUT2D eigenvalue weighted by molar-refractivity contribution is 7.92. The van der Waals surface area contributed by atoms with E-state index in [1.807, 2.05) is 37.3 Å². The van der Waals surface area contributed by atoms with Crippen molar-refractivity contribution in [1.29, 1.82) is 0 Å². The van der Waals surface area contributed by atoms with Gasteiger partial charge in [-0.05, 0) is 87.0 Å². The van der Waals surface area contributed by atoms with Crippen molar-refractivity contribution in [2.24, 2.45) is 0 Å². The molecule has 0 saturated heterocycles. The van der Waals surface area contributed by atoms with Gasteiger partial charge in [-0.15, -0.1) is 0 Å². The van der Waals surface area contributed by atoms with Crippen molar-refractivity contribution >= 4 is 50.7 Å². The van der Waals surface area contributed by atoms with Crippen LogP contribution in [-0.4, -0.2) is 50.4 Å². The van der Waals surface area contributed by atoms with Gasteiger partial charge < -0.3 is 15.0 Å². The van der Waals surface area contributed by atoms with Gasteiger partial charge in [0.25, 0.3) is 10.0 Å². The average Bonchev–Trinajstić information content (AvgIpc) is 3.03. The Morgan fingerprint density at radius 3 is 2.06 bits per heavy atom. The number of sulfonamides is 1. The van der Waals surface area contributed by atoms with Crippen LogP contribution in [0.2, 0.25) is 10.0 Å². The maximum absolute atomic E-state index is 14.5. The summed E-state index contributed by atoms with van der Waals surface area (Å²) in [5.74, 6) is -1.24. The van der Waals surface area contributed by atoms with Gasteiger partial charge in [-0.3, -0.25) is 13.9 Å². The third kappa shape index (κ3) is 9.24. The number of carbonyl (C=O) groups excluding carboxylic acids is 2. The maximum Gasteiger partial charge on any atom is 0.264 e. The molecule has 1 N–H and O–H groups in total. The molecule has 4 aromatic carbocycles. The molecule has 4 aromatic rings. The molecule has 47 heavy (non-hydrogen) atoms. The number of benzene rings is 4. The second kappa shape index (κ2) is 16.1. The van der Waals surface area contributed by atoms with Gasteiger partial charge in [0.2, 0.25) is 11.8 Å². The first kappa shape index (κ1) is 35.7. The minimum absolute atomic E-state index is 0.126.